The fourth-order valence-electron chi connectivity index (χ4n) is 2.85. The Kier molecular flexibility index (Phi) is 5.63. The first-order valence-corrected chi connectivity index (χ1v) is 8.68. The minimum Gasteiger partial charge on any atom is -0.478 e. The molecule has 5 nitrogen and oxygen atoms in total. The molecule has 0 atom stereocenters. The molecule has 0 spiro atoms. The van der Waals surface area contributed by atoms with Crippen molar-refractivity contribution in [3.63, 3.8) is 0 Å². The molecule has 2 aromatic rings. The summed E-state index contributed by atoms with van der Waals surface area (Å²) < 4.78 is 0. The van der Waals surface area contributed by atoms with Crippen LogP contribution in [0.4, 0.5) is 5.69 Å². The molecule has 1 fully saturated rings. The highest BCUT2D eigenvalue weighted by molar-refractivity contribution is 7.80. The third-order valence-corrected chi connectivity index (χ3v) is 4.65. The Balaban J connectivity index is 1.49. The van der Waals surface area contributed by atoms with E-state index in [-0.39, 0.29) is 5.56 Å². The molecule has 0 radical (unpaired) electrons. The number of anilines is 1. The van der Waals surface area contributed by atoms with Crippen molar-refractivity contribution in [3.8, 4) is 0 Å². The van der Waals surface area contributed by atoms with Crippen molar-refractivity contribution < 1.29 is 9.90 Å². The largest absolute Gasteiger partial charge is 0.478 e. The molecule has 0 aliphatic carbocycles. The highest BCUT2D eigenvalue weighted by atomic mass is 32.1. The lowest BCUT2D eigenvalue weighted by Crippen LogP contribution is -2.49. The average molecular weight is 355 g/mol. The summed E-state index contributed by atoms with van der Waals surface area (Å²) in [6, 6.07) is 17.1. The van der Waals surface area contributed by atoms with Gasteiger partial charge in [0.15, 0.2) is 5.11 Å². The minimum absolute atomic E-state index is 0.269. The molecule has 0 bridgehead atoms. The topological polar surface area (TPSA) is 55.8 Å². The van der Waals surface area contributed by atoms with Crippen LogP contribution in [0.25, 0.3) is 0 Å². The van der Waals surface area contributed by atoms with Crippen LogP contribution >= 0.6 is 12.2 Å². The van der Waals surface area contributed by atoms with Crippen molar-refractivity contribution in [1.29, 1.82) is 0 Å². The van der Waals surface area contributed by atoms with Crippen LogP contribution in [0.5, 0.6) is 0 Å². The van der Waals surface area contributed by atoms with E-state index in [1.54, 1.807) is 24.3 Å². The Labute approximate surface area is 152 Å². The van der Waals surface area contributed by atoms with Crippen LogP contribution in [0, 0.1) is 0 Å². The van der Waals surface area contributed by atoms with E-state index in [0.29, 0.717) is 5.11 Å². The number of aromatic carboxylic acids is 1. The molecular weight excluding hydrogens is 334 g/mol. The Morgan fingerprint density at radius 1 is 1.00 bits per heavy atom. The number of nitrogens with one attached hydrogen (secondary N) is 1. The van der Waals surface area contributed by atoms with Gasteiger partial charge in [-0.3, -0.25) is 4.90 Å². The highest BCUT2D eigenvalue weighted by Gasteiger charge is 2.19. The first-order valence-electron chi connectivity index (χ1n) is 8.27. The SMILES string of the molecule is O=C(O)c1ccc(NC(=S)N2CCN(Cc3ccccc3)CC2)cc1. The van der Waals surface area contributed by atoms with Gasteiger partial charge in [-0.2, -0.15) is 0 Å². The van der Waals surface area contributed by atoms with Crippen molar-refractivity contribution in [2.24, 2.45) is 0 Å². The van der Waals surface area contributed by atoms with Gasteiger partial charge in [-0.25, -0.2) is 4.79 Å². The van der Waals surface area contributed by atoms with Crippen LogP contribution in [0.2, 0.25) is 0 Å². The number of carbonyl (C=O) groups is 1. The summed E-state index contributed by atoms with van der Waals surface area (Å²) in [5.41, 5.74) is 2.41. The van der Waals surface area contributed by atoms with Gasteiger partial charge in [0.25, 0.3) is 0 Å². The van der Waals surface area contributed by atoms with Crippen molar-refractivity contribution in [2.75, 3.05) is 31.5 Å². The van der Waals surface area contributed by atoms with E-state index in [2.05, 4.69) is 39.4 Å². The fourth-order valence-corrected chi connectivity index (χ4v) is 3.15. The van der Waals surface area contributed by atoms with Crippen molar-refractivity contribution in [1.82, 2.24) is 9.80 Å². The quantitative estimate of drug-likeness (QED) is 0.823. The number of hydrogen-bond acceptors (Lipinski definition) is 3. The summed E-state index contributed by atoms with van der Waals surface area (Å²) in [5, 5.41) is 12.8. The zero-order chi connectivity index (χ0) is 17.6. The predicted molar refractivity (Wildman–Crippen MR) is 103 cm³/mol. The van der Waals surface area contributed by atoms with Gasteiger partial charge in [0, 0.05) is 38.4 Å². The molecule has 0 amide bonds. The number of nitrogens with zero attached hydrogens (tertiary/aromatic N) is 2. The molecule has 1 heterocycles. The Morgan fingerprint density at radius 2 is 1.64 bits per heavy atom. The molecule has 130 valence electrons. The molecule has 0 unspecified atom stereocenters. The van der Waals surface area contributed by atoms with E-state index < -0.39 is 5.97 Å². The molecule has 2 aromatic carbocycles. The molecule has 1 aliphatic rings. The first kappa shape index (κ1) is 17.4. The Bertz CT molecular complexity index is 726. The van der Waals surface area contributed by atoms with Gasteiger partial charge in [-0.1, -0.05) is 30.3 Å². The van der Waals surface area contributed by atoms with E-state index in [9.17, 15) is 4.79 Å². The zero-order valence-corrected chi connectivity index (χ0v) is 14.7. The van der Waals surface area contributed by atoms with E-state index in [1.807, 2.05) is 6.07 Å². The standard InChI is InChI=1S/C19H21N3O2S/c23-18(24)16-6-8-17(9-7-16)20-19(25)22-12-10-21(11-13-22)14-15-4-2-1-3-5-15/h1-9H,10-14H2,(H,20,25)(H,23,24). The average Bonchev–Trinajstić information content (AvgIpc) is 2.63. The van der Waals surface area contributed by atoms with Gasteiger partial charge < -0.3 is 15.3 Å². The number of benzene rings is 2. The van der Waals surface area contributed by atoms with Gasteiger partial charge >= 0.3 is 5.97 Å². The zero-order valence-electron chi connectivity index (χ0n) is 13.9. The third-order valence-electron chi connectivity index (χ3n) is 4.29. The number of piperazine rings is 1. The van der Waals surface area contributed by atoms with Gasteiger partial charge in [-0.05, 0) is 42.0 Å². The van der Waals surface area contributed by atoms with Crippen LogP contribution in [0.15, 0.2) is 54.6 Å². The molecular formula is C19H21N3O2S. The molecule has 1 aliphatic heterocycles. The number of hydrogen-bond donors (Lipinski definition) is 2. The second-order valence-corrected chi connectivity index (χ2v) is 6.45. The molecule has 2 N–H and O–H groups in total. The smallest absolute Gasteiger partial charge is 0.335 e. The summed E-state index contributed by atoms with van der Waals surface area (Å²) in [4.78, 5) is 15.5. The van der Waals surface area contributed by atoms with Crippen LogP contribution in [0.3, 0.4) is 0 Å². The summed E-state index contributed by atoms with van der Waals surface area (Å²) in [6.07, 6.45) is 0. The summed E-state index contributed by atoms with van der Waals surface area (Å²) >= 11 is 5.49. The van der Waals surface area contributed by atoms with E-state index >= 15 is 0 Å². The van der Waals surface area contributed by atoms with Crippen molar-refractivity contribution in [2.45, 2.75) is 6.54 Å². The lowest BCUT2D eigenvalue weighted by atomic mass is 10.2. The summed E-state index contributed by atoms with van der Waals surface area (Å²) in [5.74, 6) is -0.927. The second-order valence-electron chi connectivity index (χ2n) is 6.06. The minimum atomic E-state index is -0.927. The first-order chi connectivity index (χ1) is 12.1. The highest BCUT2D eigenvalue weighted by Crippen LogP contribution is 2.13. The van der Waals surface area contributed by atoms with Gasteiger partial charge in [0.05, 0.1) is 5.56 Å². The molecule has 3 rings (SSSR count). The van der Waals surface area contributed by atoms with Crippen molar-refractivity contribution >= 4 is 29.0 Å². The van der Waals surface area contributed by atoms with Crippen molar-refractivity contribution in [3.05, 3.63) is 65.7 Å². The summed E-state index contributed by atoms with van der Waals surface area (Å²) in [6.45, 7) is 4.66. The number of carboxylic acid groups (broad SMARTS) is 1. The lowest BCUT2D eigenvalue weighted by Gasteiger charge is -2.36. The maximum absolute atomic E-state index is 10.9. The van der Waals surface area contributed by atoms with Gasteiger partial charge in [0.1, 0.15) is 0 Å². The molecule has 1 saturated heterocycles. The van der Waals surface area contributed by atoms with E-state index in [4.69, 9.17) is 17.3 Å². The molecule has 6 heteroatoms. The fraction of sp³-hybridized carbons (Fsp3) is 0.263. The van der Waals surface area contributed by atoms with Crippen LogP contribution in [-0.2, 0) is 6.54 Å². The number of carboxylic acids is 1. The summed E-state index contributed by atoms with van der Waals surface area (Å²) in [7, 11) is 0. The molecule has 0 aromatic heterocycles. The predicted octanol–water partition coefficient (Wildman–Crippen LogP) is 2.90. The van der Waals surface area contributed by atoms with Crippen LogP contribution in [0.1, 0.15) is 15.9 Å². The maximum Gasteiger partial charge on any atom is 0.335 e. The lowest BCUT2D eigenvalue weighted by molar-refractivity contribution is 0.0697. The van der Waals surface area contributed by atoms with Gasteiger partial charge in [-0.15, -0.1) is 0 Å². The third kappa shape index (κ3) is 4.78. The van der Waals surface area contributed by atoms with Crippen LogP contribution in [-0.4, -0.2) is 52.2 Å². The Hall–Kier alpha value is -2.44. The Morgan fingerprint density at radius 3 is 2.24 bits per heavy atom. The van der Waals surface area contributed by atoms with Gasteiger partial charge in [0.2, 0.25) is 0 Å². The van der Waals surface area contributed by atoms with E-state index in [1.165, 1.54) is 5.56 Å². The van der Waals surface area contributed by atoms with Crippen LogP contribution < -0.4 is 5.32 Å². The van der Waals surface area contributed by atoms with E-state index in [0.717, 1.165) is 38.4 Å². The monoisotopic (exact) mass is 355 g/mol. The normalized spacial score (nSPS) is 15.0. The maximum atomic E-state index is 10.9. The number of thiocarbonyl (C=S) groups is 1. The number of rotatable bonds is 4. The molecule has 0 saturated carbocycles. The second kappa shape index (κ2) is 8.09. The molecule has 25 heavy (non-hydrogen) atoms.